The van der Waals surface area contributed by atoms with Crippen molar-refractivity contribution in [3.8, 4) is 0 Å². The van der Waals surface area contributed by atoms with Crippen LogP contribution in [0.3, 0.4) is 0 Å². The number of hydrogen-bond acceptors (Lipinski definition) is 2. The van der Waals surface area contributed by atoms with E-state index in [9.17, 15) is 13.2 Å². The SMILES string of the molecule is CCCC1CC(Nc2cc(F)c(F)c(F)c2)CCO1. The second kappa shape index (κ2) is 6.28. The minimum absolute atomic E-state index is 0.106. The fraction of sp³-hybridized carbons (Fsp3) is 0.571. The van der Waals surface area contributed by atoms with Gasteiger partial charge in [0.2, 0.25) is 0 Å². The summed E-state index contributed by atoms with van der Waals surface area (Å²) in [5, 5.41) is 3.05. The summed E-state index contributed by atoms with van der Waals surface area (Å²) in [6.45, 7) is 2.72. The molecule has 0 amide bonds. The standard InChI is InChI=1S/C14H18F3NO/c1-2-3-11-6-9(4-5-19-11)18-10-7-12(15)14(17)13(16)8-10/h7-9,11,18H,2-6H2,1H3. The van der Waals surface area contributed by atoms with Gasteiger partial charge in [-0.05, 0) is 19.3 Å². The minimum atomic E-state index is -1.43. The zero-order valence-electron chi connectivity index (χ0n) is 10.9. The first-order valence-corrected chi connectivity index (χ1v) is 6.62. The maximum absolute atomic E-state index is 13.1. The van der Waals surface area contributed by atoms with E-state index in [0.29, 0.717) is 6.61 Å². The fourth-order valence-corrected chi connectivity index (χ4v) is 2.41. The third-order valence-electron chi connectivity index (χ3n) is 3.33. The third-order valence-corrected chi connectivity index (χ3v) is 3.33. The maximum atomic E-state index is 13.1. The molecule has 0 aliphatic carbocycles. The van der Waals surface area contributed by atoms with Crippen molar-refractivity contribution in [3.63, 3.8) is 0 Å². The van der Waals surface area contributed by atoms with Crippen LogP contribution in [0, 0.1) is 17.5 Å². The van der Waals surface area contributed by atoms with Crippen LogP contribution in [0.25, 0.3) is 0 Å². The molecule has 1 saturated heterocycles. The van der Waals surface area contributed by atoms with Crippen LogP contribution < -0.4 is 5.32 Å². The van der Waals surface area contributed by atoms with Crippen LogP contribution in [0.2, 0.25) is 0 Å². The lowest BCUT2D eigenvalue weighted by atomic mass is 10.00. The van der Waals surface area contributed by atoms with Crippen LogP contribution in [-0.4, -0.2) is 18.8 Å². The molecule has 0 spiro atoms. The van der Waals surface area contributed by atoms with Crippen molar-refractivity contribution in [2.24, 2.45) is 0 Å². The number of nitrogens with one attached hydrogen (secondary N) is 1. The van der Waals surface area contributed by atoms with Gasteiger partial charge in [0.15, 0.2) is 17.5 Å². The molecule has 2 unspecified atom stereocenters. The fourth-order valence-electron chi connectivity index (χ4n) is 2.41. The van der Waals surface area contributed by atoms with Gasteiger partial charge in [0.05, 0.1) is 6.10 Å². The molecule has 2 rings (SSSR count). The average molecular weight is 273 g/mol. The summed E-state index contributed by atoms with van der Waals surface area (Å²) < 4.78 is 44.7. The highest BCUT2D eigenvalue weighted by Crippen LogP contribution is 2.23. The molecule has 1 aliphatic heterocycles. The normalized spacial score (nSPS) is 23.4. The van der Waals surface area contributed by atoms with Gasteiger partial charge in [-0.15, -0.1) is 0 Å². The molecule has 0 bridgehead atoms. The number of rotatable bonds is 4. The highest BCUT2D eigenvalue weighted by molar-refractivity contribution is 5.45. The van der Waals surface area contributed by atoms with Crippen LogP contribution in [0.5, 0.6) is 0 Å². The molecule has 1 fully saturated rings. The molecule has 0 aromatic heterocycles. The van der Waals surface area contributed by atoms with Crippen molar-refractivity contribution in [1.29, 1.82) is 0 Å². The Morgan fingerprint density at radius 1 is 1.26 bits per heavy atom. The molecule has 2 nitrogen and oxygen atoms in total. The summed E-state index contributed by atoms with van der Waals surface area (Å²) in [5.74, 6) is -3.76. The van der Waals surface area contributed by atoms with E-state index in [2.05, 4.69) is 12.2 Å². The summed E-state index contributed by atoms with van der Waals surface area (Å²) in [6.07, 6.45) is 3.78. The van der Waals surface area contributed by atoms with Gasteiger partial charge in [0.1, 0.15) is 0 Å². The summed E-state index contributed by atoms with van der Waals surface area (Å²) in [7, 11) is 0. The average Bonchev–Trinajstić information content (AvgIpc) is 2.37. The van der Waals surface area contributed by atoms with E-state index >= 15 is 0 Å². The van der Waals surface area contributed by atoms with Crippen molar-refractivity contribution < 1.29 is 17.9 Å². The molecule has 106 valence electrons. The van der Waals surface area contributed by atoms with Crippen molar-refractivity contribution in [2.45, 2.75) is 44.8 Å². The lowest BCUT2D eigenvalue weighted by molar-refractivity contribution is 0.00597. The second-order valence-corrected chi connectivity index (χ2v) is 4.90. The van der Waals surface area contributed by atoms with E-state index in [-0.39, 0.29) is 17.8 Å². The predicted molar refractivity (Wildman–Crippen MR) is 67.6 cm³/mol. The Labute approximate surface area is 111 Å². The van der Waals surface area contributed by atoms with E-state index in [1.165, 1.54) is 0 Å². The second-order valence-electron chi connectivity index (χ2n) is 4.90. The van der Waals surface area contributed by atoms with Crippen LogP contribution >= 0.6 is 0 Å². The van der Waals surface area contributed by atoms with E-state index in [1.807, 2.05) is 0 Å². The van der Waals surface area contributed by atoms with Gasteiger partial charge < -0.3 is 10.1 Å². The molecular weight excluding hydrogens is 255 g/mol. The molecular formula is C14H18F3NO. The predicted octanol–water partition coefficient (Wildman–Crippen LogP) is 3.86. The molecule has 1 N–H and O–H groups in total. The first-order valence-electron chi connectivity index (χ1n) is 6.62. The Hall–Kier alpha value is -1.23. The lowest BCUT2D eigenvalue weighted by Gasteiger charge is -2.30. The molecule has 5 heteroatoms. The molecule has 0 radical (unpaired) electrons. The topological polar surface area (TPSA) is 21.3 Å². The van der Waals surface area contributed by atoms with Crippen LogP contribution in [0.4, 0.5) is 18.9 Å². The molecule has 2 atom stereocenters. The summed E-state index contributed by atoms with van der Waals surface area (Å²) in [5.41, 5.74) is 0.276. The Kier molecular flexibility index (Phi) is 4.69. The van der Waals surface area contributed by atoms with Gasteiger partial charge in [-0.1, -0.05) is 13.3 Å². The molecule has 1 aromatic rings. The maximum Gasteiger partial charge on any atom is 0.194 e. The lowest BCUT2D eigenvalue weighted by Crippen LogP contribution is -2.34. The van der Waals surface area contributed by atoms with Crippen LogP contribution in [0.1, 0.15) is 32.6 Å². The smallest absolute Gasteiger partial charge is 0.194 e. The van der Waals surface area contributed by atoms with Crippen molar-refractivity contribution in [3.05, 3.63) is 29.6 Å². The number of hydrogen-bond donors (Lipinski definition) is 1. The summed E-state index contributed by atoms with van der Waals surface area (Å²) >= 11 is 0. The molecule has 1 aromatic carbocycles. The Balaban J connectivity index is 2.00. The Bertz CT molecular complexity index is 414. The number of ether oxygens (including phenoxy) is 1. The molecule has 19 heavy (non-hydrogen) atoms. The Morgan fingerprint density at radius 3 is 2.58 bits per heavy atom. The number of benzene rings is 1. The van der Waals surface area contributed by atoms with E-state index in [0.717, 1.165) is 37.8 Å². The largest absolute Gasteiger partial charge is 0.382 e. The van der Waals surface area contributed by atoms with Gasteiger partial charge in [-0.2, -0.15) is 0 Å². The molecule has 1 aliphatic rings. The first kappa shape index (κ1) is 14.2. The van der Waals surface area contributed by atoms with Gasteiger partial charge in [-0.3, -0.25) is 0 Å². The van der Waals surface area contributed by atoms with Gasteiger partial charge in [-0.25, -0.2) is 13.2 Å². The summed E-state index contributed by atoms with van der Waals surface area (Å²) in [4.78, 5) is 0. The zero-order chi connectivity index (χ0) is 13.8. The third kappa shape index (κ3) is 3.62. The molecule has 1 heterocycles. The van der Waals surface area contributed by atoms with Gasteiger partial charge in [0, 0.05) is 30.5 Å². The minimum Gasteiger partial charge on any atom is -0.382 e. The van der Waals surface area contributed by atoms with Gasteiger partial charge in [0.25, 0.3) is 0 Å². The Morgan fingerprint density at radius 2 is 1.95 bits per heavy atom. The van der Waals surface area contributed by atoms with Gasteiger partial charge >= 0.3 is 0 Å². The van der Waals surface area contributed by atoms with Crippen LogP contribution in [-0.2, 0) is 4.74 Å². The summed E-state index contributed by atoms with van der Waals surface area (Å²) in [6, 6.07) is 2.08. The van der Waals surface area contributed by atoms with E-state index in [4.69, 9.17) is 4.74 Å². The van der Waals surface area contributed by atoms with Crippen molar-refractivity contribution >= 4 is 5.69 Å². The van der Waals surface area contributed by atoms with E-state index < -0.39 is 17.5 Å². The number of anilines is 1. The van der Waals surface area contributed by atoms with E-state index in [1.54, 1.807) is 0 Å². The first-order chi connectivity index (χ1) is 9.10. The van der Waals surface area contributed by atoms with Crippen molar-refractivity contribution in [1.82, 2.24) is 0 Å². The van der Waals surface area contributed by atoms with Crippen LogP contribution in [0.15, 0.2) is 12.1 Å². The van der Waals surface area contributed by atoms with Crippen molar-refractivity contribution in [2.75, 3.05) is 11.9 Å². The highest BCUT2D eigenvalue weighted by atomic mass is 19.2. The zero-order valence-corrected chi connectivity index (χ0v) is 10.9. The number of halogens is 3. The molecule has 0 saturated carbocycles. The monoisotopic (exact) mass is 273 g/mol. The quantitative estimate of drug-likeness (QED) is 0.841. The highest BCUT2D eigenvalue weighted by Gasteiger charge is 2.22.